The molecule has 1 atom stereocenters. The standard InChI is InChI=1S/C29H33N3O5/c1-22-12-8-9-17-25(22)31-27(33)26(32-29(35)37-21-24-15-6-3-7-16-24)18-10-11-19-30-28(34)36-20-23-13-4-2-5-14-23/h2-9,12-17,26H,10-11,18-21H2,1H3,(H,30,34)(H,31,33)(H,32,35)/t26-/m1/s1. The third-order valence-electron chi connectivity index (χ3n) is 5.63. The Labute approximate surface area is 217 Å². The van der Waals surface area contributed by atoms with E-state index in [0.717, 1.165) is 16.7 Å². The first-order valence-corrected chi connectivity index (χ1v) is 12.3. The van der Waals surface area contributed by atoms with Crippen molar-refractivity contribution in [1.82, 2.24) is 10.6 Å². The Morgan fingerprint density at radius 3 is 1.92 bits per heavy atom. The quantitative estimate of drug-likeness (QED) is 0.290. The minimum absolute atomic E-state index is 0.105. The molecule has 8 heteroatoms. The summed E-state index contributed by atoms with van der Waals surface area (Å²) in [7, 11) is 0. The molecular formula is C29H33N3O5. The van der Waals surface area contributed by atoms with Crippen molar-refractivity contribution < 1.29 is 23.9 Å². The fourth-order valence-corrected chi connectivity index (χ4v) is 3.55. The molecule has 194 valence electrons. The van der Waals surface area contributed by atoms with Crippen LogP contribution in [0.2, 0.25) is 0 Å². The number of anilines is 1. The average Bonchev–Trinajstić information content (AvgIpc) is 2.92. The van der Waals surface area contributed by atoms with Crippen LogP contribution in [0.5, 0.6) is 0 Å². The van der Waals surface area contributed by atoms with Gasteiger partial charge in [0.1, 0.15) is 19.3 Å². The molecule has 0 saturated heterocycles. The van der Waals surface area contributed by atoms with Gasteiger partial charge in [0.2, 0.25) is 5.91 Å². The first-order chi connectivity index (χ1) is 18.0. The molecule has 3 N–H and O–H groups in total. The van der Waals surface area contributed by atoms with Crippen LogP contribution >= 0.6 is 0 Å². The van der Waals surface area contributed by atoms with Crippen LogP contribution in [0.25, 0.3) is 0 Å². The lowest BCUT2D eigenvalue weighted by molar-refractivity contribution is -0.118. The number of benzene rings is 3. The molecule has 0 fully saturated rings. The fraction of sp³-hybridized carbons (Fsp3) is 0.276. The van der Waals surface area contributed by atoms with Crippen LogP contribution in [0, 0.1) is 6.92 Å². The summed E-state index contributed by atoms with van der Waals surface area (Å²) < 4.78 is 10.5. The number of nitrogens with one attached hydrogen (secondary N) is 3. The minimum atomic E-state index is -0.798. The summed E-state index contributed by atoms with van der Waals surface area (Å²) in [5, 5.41) is 8.27. The zero-order valence-corrected chi connectivity index (χ0v) is 20.9. The van der Waals surface area contributed by atoms with Crippen molar-refractivity contribution in [3.63, 3.8) is 0 Å². The van der Waals surface area contributed by atoms with E-state index in [1.54, 1.807) is 0 Å². The van der Waals surface area contributed by atoms with Gasteiger partial charge in [0.15, 0.2) is 0 Å². The van der Waals surface area contributed by atoms with E-state index in [0.29, 0.717) is 31.5 Å². The Bertz CT molecular complexity index is 1140. The van der Waals surface area contributed by atoms with Crippen molar-refractivity contribution in [1.29, 1.82) is 0 Å². The molecule has 0 unspecified atom stereocenters. The zero-order valence-electron chi connectivity index (χ0n) is 20.9. The summed E-state index contributed by atoms with van der Waals surface area (Å²) in [6.07, 6.45) is 0.398. The van der Waals surface area contributed by atoms with Crippen LogP contribution in [0.3, 0.4) is 0 Å². The summed E-state index contributed by atoms with van der Waals surface area (Å²) in [6.45, 7) is 2.59. The minimum Gasteiger partial charge on any atom is -0.445 e. The second kappa shape index (κ2) is 14.9. The Morgan fingerprint density at radius 2 is 1.30 bits per heavy atom. The van der Waals surface area contributed by atoms with Gasteiger partial charge in [0.05, 0.1) is 0 Å². The maximum atomic E-state index is 13.0. The summed E-state index contributed by atoms with van der Waals surface area (Å²) in [4.78, 5) is 37.3. The first kappa shape index (κ1) is 27.3. The number of carbonyl (C=O) groups excluding carboxylic acids is 3. The molecule has 0 aliphatic rings. The molecule has 0 radical (unpaired) electrons. The van der Waals surface area contributed by atoms with Crippen molar-refractivity contribution in [2.45, 2.75) is 45.4 Å². The van der Waals surface area contributed by atoms with Gasteiger partial charge >= 0.3 is 12.2 Å². The number of alkyl carbamates (subject to hydrolysis) is 2. The maximum Gasteiger partial charge on any atom is 0.408 e. The summed E-state index contributed by atoms with van der Waals surface area (Å²) in [6, 6.07) is 25.4. The SMILES string of the molecule is Cc1ccccc1NC(=O)[C@@H](CCCCNC(=O)OCc1ccccc1)NC(=O)OCc1ccccc1. The summed E-state index contributed by atoms with van der Waals surface area (Å²) in [5.74, 6) is -0.332. The van der Waals surface area contributed by atoms with Crippen LogP contribution in [0.4, 0.5) is 15.3 Å². The maximum absolute atomic E-state index is 13.0. The molecule has 0 spiro atoms. The normalized spacial score (nSPS) is 11.2. The van der Waals surface area contributed by atoms with E-state index < -0.39 is 18.2 Å². The van der Waals surface area contributed by atoms with E-state index in [2.05, 4.69) is 16.0 Å². The third-order valence-corrected chi connectivity index (χ3v) is 5.63. The van der Waals surface area contributed by atoms with Crippen LogP contribution < -0.4 is 16.0 Å². The molecule has 3 aromatic carbocycles. The molecule has 0 aromatic heterocycles. The van der Waals surface area contributed by atoms with Gasteiger partial charge in [-0.25, -0.2) is 9.59 Å². The monoisotopic (exact) mass is 503 g/mol. The van der Waals surface area contributed by atoms with Crippen molar-refractivity contribution in [3.8, 4) is 0 Å². The van der Waals surface area contributed by atoms with Crippen molar-refractivity contribution in [2.24, 2.45) is 0 Å². The smallest absolute Gasteiger partial charge is 0.408 e. The van der Waals surface area contributed by atoms with Gasteiger partial charge in [-0.15, -0.1) is 0 Å². The van der Waals surface area contributed by atoms with Gasteiger partial charge < -0.3 is 25.4 Å². The van der Waals surface area contributed by atoms with Crippen LogP contribution in [-0.4, -0.2) is 30.7 Å². The molecule has 3 amide bonds. The molecule has 0 aliphatic heterocycles. The second-order valence-electron chi connectivity index (χ2n) is 8.55. The number of unbranched alkanes of at least 4 members (excludes halogenated alkanes) is 1. The number of rotatable bonds is 12. The molecule has 3 aromatic rings. The average molecular weight is 504 g/mol. The lowest BCUT2D eigenvalue weighted by Gasteiger charge is -2.19. The van der Waals surface area contributed by atoms with Crippen molar-refractivity contribution in [3.05, 3.63) is 102 Å². The lowest BCUT2D eigenvalue weighted by Crippen LogP contribution is -2.44. The summed E-state index contributed by atoms with van der Waals surface area (Å²) >= 11 is 0. The number of hydrogen-bond donors (Lipinski definition) is 3. The number of carbonyl (C=O) groups is 3. The third kappa shape index (κ3) is 10.0. The fourth-order valence-electron chi connectivity index (χ4n) is 3.55. The highest BCUT2D eigenvalue weighted by atomic mass is 16.6. The Morgan fingerprint density at radius 1 is 0.730 bits per heavy atom. The zero-order chi connectivity index (χ0) is 26.3. The van der Waals surface area contributed by atoms with Gasteiger partial charge in [-0.1, -0.05) is 78.9 Å². The summed E-state index contributed by atoms with van der Waals surface area (Å²) in [5.41, 5.74) is 3.36. The topological polar surface area (TPSA) is 106 Å². The molecular weight excluding hydrogens is 470 g/mol. The highest BCUT2D eigenvalue weighted by molar-refractivity contribution is 5.97. The Balaban J connectivity index is 1.46. The van der Waals surface area contributed by atoms with E-state index in [1.807, 2.05) is 91.9 Å². The van der Waals surface area contributed by atoms with Gasteiger partial charge in [0.25, 0.3) is 0 Å². The van der Waals surface area contributed by atoms with Crippen LogP contribution in [0.1, 0.15) is 36.0 Å². The molecule has 0 aliphatic carbocycles. The predicted molar refractivity (Wildman–Crippen MR) is 142 cm³/mol. The highest BCUT2D eigenvalue weighted by Gasteiger charge is 2.22. The molecule has 0 saturated carbocycles. The number of amides is 3. The van der Waals surface area contributed by atoms with Crippen molar-refractivity contribution in [2.75, 3.05) is 11.9 Å². The number of hydrogen-bond acceptors (Lipinski definition) is 5. The second-order valence-corrected chi connectivity index (χ2v) is 8.55. The van der Waals surface area contributed by atoms with Crippen molar-refractivity contribution >= 4 is 23.8 Å². The van der Waals surface area contributed by atoms with E-state index in [-0.39, 0.29) is 19.1 Å². The predicted octanol–water partition coefficient (Wildman–Crippen LogP) is 5.33. The highest BCUT2D eigenvalue weighted by Crippen LogP contribution is 2.14. The van der Waals surface area contributed by atoms with Gasteiger partial charge in [-0.3, -0.25) is 4.79 Å². The largest absolute Gasteiger partial charge is 0.445 e. The van der Waals surface area contributed by atoms with Gasteiger partial charge in [-0.2, -0.15) is 0 Å². The van der Waals surface area contributed by atoms with E-state index in [1.165, 1.54) is 0 Å². The number of aryl methyl sites for hydroxylation is 1. The van der Waals surface area contributed by atoms with Crippen LogP contribution in [-0.2, 0) is 27.5 Å². The van der Waals surface area contributed by atoms with E-state index in [4.69, 9.17) is 9.47 Å². The molecule has 8 nitrogen and oxygen atoms in total. The van der Waals surface area contributed by atoms with Crippen LogP contribution in [0.15, 0.2) is 84.9 Å². The lowest BCUT2D eigenvalue weighted by atomic mass is 10.1. The molecule has 0 heterocycles. The van der Waals surface area contributed by atoms with E-state index >= 15 is 0 Å². The van der Waals surface area contributed by atoms with Gasteiger partial charge in [-0.05, 0) is 48.9 Å². The van der Waals surface area contributed by atoms with Gasteiger partial charge in [0, 0.05) is 12.2 Å². The first-order valence-electron chi connectivity index (χ1n) is 12.3. The molecule has 37 heavy (non-hydrogen) atoms. The number of ether oxygens (including phenoxy) is 2. The molecule has 3 rings (SSSR count). The molecule has 0 bridgehead atoms. The Kier molecular flexibility index (Phi) is 11.0. The van der Waals surface area contributed by atoms with E-state index in [9.17, 15) is 14.4 Å². The Hall–Kier alpha value is -4.33. The number of para-hydroxylation sites is 1.